The van der Waals surface area contributed by atoms with E-state index in [1.165, 1.54) is 0 Å². The van der Waals surface area contributed by atoms with E-state index in [0.29, 0.717) is 12.1 Å². The maximum absolute atomic E-state index is 12.3. The number of carbonyl (C=O) groups excluding carboxylic acids is 1. The number of benzene rings is 1. The van der Waals surface area contributed by atoms with Crippen molar-refractivity contribution in [3.8, 4) is 0 Å². The molecule has 0 bridgehead atoms. The number of rotatable bonds is 4. The van der Waals surface area contributed by atoms with Crippen LogP contribution in [0.2, 0.25) is 0 Å². The largest absolute Gasteiger partial charge is 0.292 e. The van der Waals surface area contributed by atoms with Gasteiger partial charge in [-0.3, -0.25) is 9.48 Å². The minimum absolute atomic E-state index is 0.0827. The van der Waals surface area contributed by atoms with Crippen LogP contribution >= 0.6 is 15.9 Å². The lowest BCUT2D eigenvalue weighted by atomic mass is 10.1. The summed E-state index contributed by atoms with van der Waals surface area (Å²) in [6.07, 6.45) is 2.08. The number of hydrogen-bond donors (Lipinski definition) is 0. The molecule has 0 aliphatic carbocycles. The zero-order valence-corrected chi connectivity index (χ0v) is 12.0. The second kappa shape index (κ2) is 5.48. The summed E-state index contributed by atoms with van der Waals surface area (Å²) in [5.74, 6) is 0.0827. The second-order valence-electron chi connectivity index (χ2n) is 4.46. The van der Waals surface area contributed by atoms with Crippen LogP contribution in [0.5, 0.6) is 0 Å². The zero-order valence-electron chi connectivity index (χ0n) is 10.4. The Morgan fingerprint density at radius 1 is 1.33 bits per heavy atom. The standard InChI is InChI=1S/C14H15BrN2O/c1-10(2)17-14(12(15)9-16-17)13(18)8-11-6-4-3-5-7-11/h3-7,9-10H,8H2,1-2H3. The lowest BCUT2D eigenvalue weighted by Crippen LogP contribution is -2.14. The van der Waals surface area contributed by atoms with Gasteiger partial charge in [0, 0.05) is 12.5 Å². The van der Waals surface area contributed by atoms with Gasteiger partial charge < -0.3 is 0 Å². The molecule has 2 rings (SSSR count). The number of aromatic nitrogens is 2. The molecule has 2 aromatic rings. The molecule has 0 amide bonds. The summed E-state index contributed by atoms with van der Waals surface area (Å²) >= 11 is 3.40. The van der Waals surface area contributed by atoms with Gasteiger partial charge in [0.25, 0.3) is 0 Å². The van der Waals surface area contributed by atoms with Crippen LogP contribution < -0.4 is 0 Å². The van der Waals surface area contributed by atoms with E-state index < -0.39 is 0 Å². The summed E-state index contributed by atoms with van der Waals surface area (Å²) in [4.78, 5) is 12.3. The van der Waals surface area contributed by atoms with Crippen LogP contribution in [-0.2, 0) is 6.42 Å². The molecule has 0 saturated heterocycles. The first-order valence-corrected chi connectivity index (χ1v) is 6.69. The lowest BCUT2D eigenvalue weighted by Gasteiger charge is -2.10. The van der Waals surface area contributed by atoms with Crippen LogP contribution in [-0.4, -0.2) is 15.6 Å². The van der Waals surface area contributed by atoms with Crippen LogP contribution in [0.25, 0.3) is 0 Å². The molecule has 0 spiro atoms. The zero-order chi connectivity index (χ0) is 13.1. The van der Waals surface area contributed by atoms with Gasteiger partial charge in [0.2, 0.25) is 0 Å². The van der Waals surface area contributed by atoms with Crippen molar-refractivity contribution in [1.29, 1.82) is 0 Å². The average Bonchev–Trinajstić information content (AvgIpc) is 2.72. The highest BCUT2D eigenvalue weighted by molar-refractivity contribution is 9.10. The predicted octanol–water partition coefficient (Wildman–Crippen LogP) is 3.65. The smallest absolute Gasteiger partial charge is 0.186 e. The van der Waals surface area contributed by atoms with Crippen LogP contribution in [0.15, 0.2) is 41.0 Å². The maximum Gasteiger partial charge on any atom is 0.186 e. The molecule has 0 fully saturated rings. The molecule has 3 nitrogen and oxygen atoms in total. The molecule has 94 valence electrons. The topological polar surface area (TPSA) is 34.9 Å². The van der Waals surface area contributed by atoms with Gasteiger partial charge in [-0.25, -0.2) is 0 Å². The number of Topliss-reactive ketones (excluding diaryl/α,β-unsaturated/α-hetero) is 1. The predicted molar refractivity (Wildman–Crippen MR) is 74.8 cm³/mol. The van der Waals surface area contributed by atoms with Crippen molar-refractivity contribution in [3.05, 3.63) is 52.3 Å². The Balaban J connectivity index is 2.27. The molecule has 0 saturated carbocycles. The first-order chi connectivity index (χ1) is 8.59. The van der Waals surface area contributed by atoms with Crippen molar-refractivity contribution in [2.45, 2.75) is 26.3 Å². The Kier molecular flexibility index (Phi) is 3.97. The molecule has 0 radical (unpaired) electrons. The fourth-order valence-corrected chi connectivity index (χ4v) is 2.35. The SMILES string of the molecule is CC(C)n1ncc(Br)c1C(=O)Cc1ccccc1. The molecule has 1 aromatic heterocycles. The van der Waals surface area contributed by atoms with Gasteiger partial charge in [-0.1, -0.05) is 30.3 Å². The van der Waals surface area contributed by atoms with Gasteiger partial charge in [0.1, 0.15) is 5.69 Å². The van der Waals surface area contributed by atoms with Gasteiger partial charge in [-0.15, -0.1) is 0 Å². The third-order valence-electron chi connectivity index (χ3n) is 2.71. The van der Waals surface area contributed by atoms with Gasteiger partial charge in [0.05, 0.1) is 10.7 Å². The Labute approximate surface area is 115 Å². The molecule has 0 N–H and O–H groups in total. The monoisotopic (exact) mass is 306 g/mol. The summed E-state index contributed by atoms with van der Waals surface area (Å²) in [5.41, 5.74) is 1.67. The molecular weight excluding hydrogens is 292 g/mol. The Bertz CT molecular complexity index is 546. The Morgan fingerprint density at radius 3 is 2.61 bits per heavy atom. The summed E-state index contributed by atoms with van der Waals surface area (Å²) in [6, 6.07) is 9.92. The van der Waals surface area contributed by atoms with E-state index >= 15 is 0 Å². The molecular formula is C14H15BrN2O. The third-order valence-corrected chi connectivity index (χ3v) is 3.29. The third kappa shape index (κ3) is 2.70. The molecule has 0 atom stereocenters. The number of ketones is 1. The number of halogens is 1. The highest BCUT2D eigenvalue weighted by Crippen LogP contribution is 2.21. The first-order valence-electron chi connectivity index (χ1n) is 5.89. The summed E-state index contributed by atoms with van der Waals surface area (Å²) in [6.45, 7) is 4.03. The van der Waals surface area contributed by atoms with E-state index in [0.717, 1.165) is 10.0 Å². The number of hydrogen-bond acceptors (Lipinski definition) is 2. The van der Waals surface area contributed by atoms with E-state index in [-0.39, 0.29) is 11.8 Å². The fraction of sp³-hybridized carbons (Fsp3) is 0.286. The fourth-order valence-electron chi connectivity index (χ4n) is 1.86. The normalized spacial score (nSPS) is 10.9. The van der Waals surface area contributed by atoms with E-state index in [9.17, 15) is 4.79 Å². The molecule has 4 heteroatoms. The van der Waals surface area contributed by atoms with E-state index in [4.69, 9.17) is 0 Å². The summed E-state index contributed by atoms with van der Waals surface area (Å²) in [7, 11) is 0. The van der Waals surface area contributed by atoms with Gasteiger partial charge >= 0.3 is 0 Å². The maximum atomic E-state index is 12.3. The minimum atomic E-state index is 0.0827. The van der Waals surface area contributed by atoms with Crippen molar-refractivity contribution in [1.82, 2.24) is 9.78 Å². The lowest BCUT2D eigenvalue weighted by molar-refractivity contribution is 0.0980. The molecule has 0 unspecified atom stereocenters. The molecule has 0 aliphatic rings. The van der Waals surface area contributed by atoms with Gasteiger partial charge in [0.15, 0.2) is 5.78 Å². The number of nitrogens with zero attached hydrogens (tertiary/aromatic N) is 2. The number of carbonyl (C=O) groups is 1. The molecule has 18 heavy (non-hydrogen) atoms. The molecule has 1 aromatic carbocycles. The van der Waals surface area contributed by atoms with Crippen LogP contribution in [0, 0.1) is 0 Å². The quantitative estimate of drug-likeness (QED) is 0.808. The average molecular weight is 307 g/mol. The Hall–Kier alpha value is -1.42. The Morgan fingerprint density at radius 2 is 2.00 bits per heavy atom. The van der Waals surface area contributed by atoms with Gasteiger partial charge in [-0.2, -0.15) is 5.10 Å². The van der Waals surface area contributed by atoms with Crippen LogP contribution in [0.4, 0.5) is 0 Å². The van der Waals surface area contributed by atoms with E-state index in [1.54, 1.807) is 10.9 Å². The summed E-state index contributed by atoms with van der Waals surface area (Å²) in [5, 5.41) is 4.23. The van der Waals surface area contributed by atoms with Crippen molar-refractivity contribution in [2.24, 2.45) is 0 Å². The second-order valence-corrected chi connectivity index (χ2v) is 5.32. The van der Waals surface area contributed by atoms with Crippen LogP contribution in [0.3, 0.4) is 0 Å². The van der Waals surface area contributed by atoms with Crippen molar-refractivity contribution in [3.63, 3.8) is 0 Å². The van der Waals surface area contributed by atoms with Crippen molar-refractivity contribution >= 4 is 21.7 Å². The van der Waals surface area contributed by atoms with E-state index in [2.05, 4.69) is 21.0 Å². The highest BCUT2D eigenvalue weighted by Gasteiger charge is 2.18. The first kappa shape index (κ1) is 13.0. The van der Waals surface area contributed by atoms with E-state index in [1.807, 2.05) is 44.2 Å². The molecule has 0 aliphatic heterocycles. The minimum Gasteiger partial charge on any atom is -0.292 e. The van der Waals surface area contributed by atoms with Crippen LogP contribution in [0.1, 0.15) is 35.9 Å². The van der Waals surface area contributed by atoms with Crippen molar-refractivity contribution in [2.75, 3.05) is 0 Å². The van der Waals surface area contributed by atoms with Gasteiger partial charge in [-0.05, 0) is 35.3 Å². The highest BCUT2D eigenvalue weighted by atomic mass is 79.9. The molecule has 1 heterocycles. The summed E-state index contributed by atoms with van der Waals surface area (Å²) < 4.78 is 2.52. The van der Waals surface area contributed by atoms with Crippen molar-refractivity contribution < 1.29 is 4.79 Å².